The average Bonchev–Trinajstić information content (AvgIpc) is 2.82. The molecule has 2 rings (SSSR count). The van der Waals surface area contributed by atoms with Gasteiger partial charge in [0.25, 0.3) is 0 Å². The van der Waals surface area contributed by atoms with Gasteiger partial charge in [-0.15, -0.1) is 0 Å². The molecule has 0 aliphatic heterocycles. The molecule has 0 radical (unpaired) electrons. The molecule has 2 unspecified atom stereocenters. The Balaban J connectivity index is 2.08. The molecular formula is C11H12N2. The molecule has 0 aromatic heterocycles. The summed E-state index contributed by atoms with van der Waals surface area (Å²) in [6.45, 7) is 2.23. The van der Waals surface area contributed by atoms with Crippen molar-refractivity contribution in [1.82, 2.24) is 0 Å². The van der Waals surface area contributed by atoms with Gasteiger partial charge in [-0.3, -0.25) is 0 Å². The summed E-state index contributed by atoms with van der Waals surface area (Å²) in [7, 11) is 0. The maximum atomic E-state index is 8.69. The molecule has 1 fully saturated rings. The van der Waals surface area contributed by atoms with Crippen molar-refractivity contribution >= 4 is 5.69 Å². The van der Waals surface area contributed by atoms with Gasteiger partial charge in [0, 0.05) is 11.7 Å². The Morgan fingerprint density at radius 1 is 1.54 bits per heavy atom. The van der Waals surface area contributed by atoms with Gasteiger partial charge in [0.2, 0.25) is 0 Å². The molecule has 0 spiro atoms. The second kappa shape index (κ2) is 3.10. The lowest BCUT2D eigenvalue weighted by Gasteiger charge is -2.04. The second-order valence-electron chi connectivity index (χ2n) is 3.66. The summed E-state index contributed by atoms with van der Waals surface area (Å²) >= 11 is 0. The summed E-state index contributed by atoms with van der Waals surface area (Å²) in [5.41, 5.74) is 1.78. The normalized spacial score (nSPS) is 24.9. The van der Waals surface area contributed by atoms with Gasteiger partial charge in [0.15, 0.2) is 0 Å². The topological polar surface area (TPSA) is 35.8 Å². The monoisotopic (exact) mass is 172 g/mol. The number of nitrogens with one attached hydrogen (secondary N) is 1. The molecule has 0 bridgehead atoms. The van der Waals surface area contributed by atoms with Crippen LogP contribution in [0.2, 0.25) is 0 Å². The van der Waals surface area contributed by atoms with E-state index in [1.807, 2.05) is 24.3 Å². The number of nitriles is 1. The first-order chi connectivity index (χ1) is 6.29. The number of anilines is 1. The molecular weight excluding hydrogens is 160 g/mol. The van der Waals surface area contributed by atoms with Crippen LogP contribution in [-0.2, 0) is 0 Å². The zero-order valence-corrected chi connectivity index (χ0v) is 7.62. The molecule has 13 heavy (non-hydrogen) atoms. The summed E-state index contributed by atoms with van der Waals surface area (Å²) in [5.74, 6) is 0.783. The predicted molar refractivity (Wildman–Crippen MR) is 52.3 cm³/mol. The Morgan fingerprint density at radius 3 is 2.92 bits per heavy atom. The molecule has 1 N–H and O–H groups in total. The summed E-state index contributed by atoms with van der Waals surface area (Å²) < 4.78 is 0. The van der Waals surface area contributed by atoms with E-state index in [-0.39, 0.29) is 0 Å². The lowest BCUT2D eigenvalue weighted by Crippen LogP contribution is -2.03. The highest BCUT2D eigenvalue weighted by molar-refractivity contribution is 5.50. The molecule has 2 heteroatoms. The molecule has 1 aliphatic carbocycles. The minimum atomic E-state index is 0.619. The molecule has 0 amide bonds. The fraction of sp³-hybridized carbons (Fsp3) is 0.364. The van der Waals surface area contributed by atoms with Crippen molar-refractivity contribution in [3.63, 3.8) is 0 Å². The highest BCUT2D eigenvalue weighted by atomic mass is 15.0. The third-order valence-corrected chi connectivity index (χ3v) is 2.45. The van der Waals surface area contributed by atoms with E-state index in [1.165, 1.54) is 6.42 Å². The maximum Gasteiger partial charge on any atom is 0.0992 e. The van der Waals surface area contributed by atoms with Gasteiger partial charge < -0.3 is 5.32 Å². The highest BCUT2D eigenvalue weighted by Crippen LogP contribution is 2.32. The Hall–Kier alpha value is -1.49. The molecule has 1 aliphatic rings. The van der Waals surface area contributed by atoms with E-state index in [1.54, 1.807) is 0 Å². The third-order valence-electron chi connectivity index (χ3n) is 2.45. The summed E-state index contributed by atoms with van der Waals surface area (Å²) in [4.78, 5) is 0. The van der Waals surface area contributed by atoms with Crippen LogP contribution >= 0.6 is 0 Å². The first-order valence-corrected chi connectivity index (χ1v) is 4.56. The molecule has 2 atom stereocenters. The quantitative estimate of drug-likeness (QED) is 0.743. The van der Waals surface area contributed by atoms with E-state index < -0.39 is 0 Å². The molecule has 2 nitrogen and oxygen atoms in total. The van der Waals surface area contributed by atoms with Crippen LogP contribution in [0, 0.1) is 17.2 Å². The zero-order chi connectivity index (χ0) is 9.26. The SMILES string of the molecule is CC1CC1Nc1cccc(C#N)c1. The number of benzene rings is 1. The van der Waals surface area contributed by atoms with Crippen LogP contribution < -0.4 is 5.32 Å². The Morgan fingerprint density at radius 2 is 2.31 bits per heavy atom. The van der Waals surface area contributed by atoms with Crippen LogP contribution in [0.5, 0.6) is 0 Å². The highest BCUT2D eigenvalue weighted by Gasteiger charge is 2.32. The third kappa shape index (κ3) is 1.81. The van der Waals surface area contributed by atoms with Crippen LogP contribution in [0.25, 0.3) is 0 Å². The van der Waals surface area contributed by atoms with Crippen molar-refractivity contribution in [1.29, 1.82) is 5.26 Å². The Kier molecular flexibility index (Phi) is 1.94. The van der Waals surface area contributed by atoms with Gasteiger partial charge in [0.1, 0.15) is 0 Å². The average molecular weight is 172 g/mol. The van der Waals surface area contributed by atoms with E-state index in [2.05, 4.69) is 18.3 Å². The summed E-state index contributed by atoms with van der Waals surface area (Å²) in [6.07, 6.45) is 1.25. The van der Waals surface area contributed by atoms with Crippen LogP contribution in [0.4, 0.5) is 5.69 Å². The largest absolute Gasteiger partial charge is 0.382 e. The lowest BCUT2D eigenvalue weighted by molar-refractivity contribution is 0.929. The predicted octanol–water partition coefficient (Wildman–Crippen LogP) is 2.38. The van der Waals surface area contributed by atoms with Gasteiger partial charge >= 0.3 is 0 Å². The van der Waals surface area contributed by atoms with Gasteiger partial charge in [0.05, 0.1) is 11.6 Å². The summed E-state index contributed by atoms with van der Waals surface area (Å²) in [5, 5.41) is 12.1. The van der Waals surface area contributed by atoms with E-state index in [4.69, 9.17) is 5.26 Å². The summed E-state index contributed by atoms with van der Waals surface area (Å²) in [6, 6.07) is 10.4. The van der Waals surface area contributed by atoms with E-state index in [0.29, 0.717) is 6.04 Å². The standard InChI is InChI=1S/C11H12N2/c1-8-5-11(8)13-10-4-2-3-9(6-10)7-12/h2-4,6,8,11,13H,5H2,1H3. The number of rotatable bonds is 2. The van der Waals surface area contributed by atoms with Crippen LogP contribution in [0.15, 0.2) is 24.3 Å². The zero-order valence-electron chi connectivity index (χ0n) is 7.62. The molecule has 1 aromatic carbocycles. The molecule has 66 valence electrons. The van der Waals surface area contributed by atoms with Crippen molar-refractivity contribution in [3.8, 4) is 6.07 Å². The molecule has 0 heterocycles. The molecule has 1 saturated carbocycles. The minimum absolute atomic E-state index is 0.619. The van der Waals surface area contributed by atoms with Crippen LogP contribution in [0.1, 0.15) is 18.9 Å². The van der Waals surface area contributed by atoms with E-state index >= 15 is 0 Å². The van der Waals surface area contributed by atoms with Crippen molar-refractivity contribution in [2.24, 2.45) is 5.92 Å². The van der Waals surface area contributed by atoms with Crippen LogP contribution in [-0.4, -0.2) is 6.04 Å². The first kappa shape index (κ1) is 8.12. The van der Waals surface area contributed by atoms with Gasteiger partial charge in [-0.2, -0.15) is 5.26 Å². The first-order valence-electron chi connectivity index (χ1n) is 4.56. The Bertz CT molecular complexity index is 351. The lowest BCUT2D eigenvalue weighted by atomic mass is 10.2. The molecule has 1 aromatic rings. The van der Waals surface area contributed by atoms with E-state index in [0.717, 1.165) is 17.2 Å². The van der Waals surface area contributed by atoms with Crippen molar-refractivity contribution in [2.75, 3.05) is 5.32 Å². The number of nitrogens with zero attached hydrogens (tertiary/aromatic N) is 1. The smallest absolute Gasteiger partial charge is 0.0992 e. The van der Waals surface area contributed by atoms with Gasteiger partial charge in [-0.25, -0.2) is 0 Å². The van der Waals surface area contributed by atoms with Crippen molar-refractivity contribution in [3.05, 3.63) is 29.8 Å². The van der Waals surface area contributed by atoms with Crippen molar-refractivity contribution in [2.45, 2.75) is 19.4 Å². The van der Waals surface area contributed by atoms with Gasteiger partial charge in [-0.1, -0.05) is 13.0 Å². The minimum Gasteiger partial charge on any atom is -0.382 e. The fourth-order valence-electron chi connectivity index (χ4n) is 1.42. The van der Waals surface area contributed by atoms with Gasteiger partial charge in [-0.05, 0) is 30.5 Å². The second-order valence-corrected chi connectivity index (χ2v) is 3.66. The van der Waals surface area contributed by atoms with E-state index in [9.17, 15) is 0 Å². The van der Waals surface area contributed by atoms with Crippen LogP contribution in [0.3, 0.4) is 0 Å². The Labute approximate surface area is 78.2 Å². The fourth-order valence-corrected chi connectivity index (χ4v) is 1.42. The molecule has 0 saturated heterocycles. The maximum absolute atomic E-state index is 8.69. The number of hydrogen-bond donors (Lipinski definition) is 1. The number of hydrogen-bond acceptors (Lipinski definition) is 2. The van der Waals surface area contributed by atoms with Crippen molar-refractivity contribution < 1.29 is 0 Å².